The number of rotatable bonds is 5. The lowest BCUT2D eigenvalue weighted by Gasteiger charge is -2.17. The fourth-order valence-electron chi connectivity index (χ4n) is 3.14. The Morgan fingerprint density at radius 1 is 1.12 bits per heavy atom. The van der Waals surface area contributed by atoms with Crippen LogP contribution >= 0.6 is 0 Å². The van der Waals surface area contributed by atoms with Crippen molar-refractivity contribution in [3.8, 4) is 0 Å². The zero-order valence-electron chi connectivity index (χ0n) is 13.9. The van der Waals surface area contributed by atoms with Crippen LogP contribution in [0.5, 0.6) is 0 Å². The van der Waals surface area contributed by atoms with E-state index in [2.05, 4.69) is 26.3 Å². The maximum Gasteiger partial charge on any atom is 0.227 e. The largest absolute Gasteiger partial charge is 0.370 e. The summed E-state index contributed by atoms with van der Waals surface area (Å²) < 4.78 is 0. The van der Waals surface area contributed by atoms with Gasteiger partial charge in [-0.15, -0.1) is 0 Å². The summed E-state index contributed by atoms with van der Waals surface area (Å²) in [6.07, 6.45) is 5.51. The second-order valence-corrected chi connectivity index (χ2v) is 6.05. The van der Waals surface area contributed by atoms with Crippen LogP contribution in [0.2, 0.25) is 0 Å². The summed E-state index contributed by atoms with van der Waals surface area (Å²) in [6.45, 7) is 1.48. The van der Waals surface area contributed by atoms with Gasteiger partial charge in [-0.05, 0) is 36.6 Å². The Morgan fingerprint density at radius 2 is 2.00 bits per heavy atom. The Hall–Kier alpha value is -3.02. The van der Waals surface area contributed by atoms with E-state index < -0.39 is 0 Å². The van der Waals surface area contributed by atoms with Crippen molar-refractivity contribution in [2.75, 3.05) is 23.3 Å². The normalized spacial score (nSPS) is 13.0. The number of pyridine rings is 1. The number of fused-ring (bicyclic) bond motifs is 2. The summed E-state index contributed by atoms with van der Waals surface area (Å²) in [6, 6.07) is 11.9. The molecule has 1 amide bonds. The first-order valence-electron chi connectivity index (χ1n) is 8.51. The lowest BCUT2D eigenvalue weighted by molar-refractivity contribution is -0.118. The topological polar surface area (TPSA) is 71.0 Å². The Kier molecular flexibility index (Phi) is 4.24. The van der Waals surface area contributed by atoms with Gasteiger partial charge in [0.1, 0.15) is 11.3 Å². The summed E-state index contributed by atoms with van der Waals surface area (Å²) in [5.41, 5.74) is 3.72. The molecule has 25 heavy (non-hydrogen) atoms. The molecule has 126 valence electrons. The SMILES string of the molecule is O=C(CCCNc1ccc2nccnc2n1)N1CCc2ccccc21. The highest BCUT2D eigenvalue weighted by Gasteiger charge is 2.23. The minimum absolute atomic E-state index is 0.184. The molecule has 3 heterocycles. The third-order valence-corrected chi connectivity index (χ3v) is 4.39. The van der Waals surface area contributed by atoms with Gasteiger partial charge in [0.25, 0.3) is 0 Å². The highest BCUT2D eigenvalue weighted by atomic mass is 16.2. The maximum atomic E-state index is 12.5. The van der Waals surface area contributed by atoms with Gasteiger partial charge in [-0.25, -0.2) is 9.97 Å². The molecule has 6 heteroatoms. The van der Waals surface area contributed by atoms with Crippen molar-refractivity contribution in [2.24, 2.45) is 0 Å². The highest BCUT2D eigenvalue weighted by Crippen LogP contribution is 2.28. The van der Waals surface area contributed by atoms with Crippen LogP contribution in [0.15, 0.2) is 48.8 Å². The number of anilines is 2. The number of nitrogens with one attached hydrogen (secondary N) is 1. The van der Waals surface area contributed by atoms with Crippen LogP contribution in [0, 0.1) is 0 Å². The molecular weight excluding hydrogens is 314 g/mol. The quantitative estimate of drug-likeness (QED) is 0.727. The van der Waals surface area contributed by atoms with Crippen molar-refractivity contribution in [1.82, 2.24) is 15.0 Å². The van der Waals surface area contributed by atoms with Crippen LogP contribution in [0.1, 0.15) is 18.4 Å². The van der Waals surface area contributed by atoms with Gasteiger partial charge < -0.3 is 10.2 Å². The van der Waals surface area contributed by atoms with Crippen LogP contribution in [0.25, 0.3) is 11.2 Å². The molecule has 4 rings (SSSR count). The Morgan fingerprint density at radius 3 is 2.96 bits per heavy atom. The molecule has 1 N–H and O–H groups in total. The molecule has 0 unspecified atom stereocenters. The Balaban J connectivity index is 1.30. The summed E-state index contributed by atoms with van der Waals surface area (Å²) in [4.78, 5) is 27.2. The average molecular weight is 333 g/mol. The molecule has 0 fully saturated rings. The van der Waals surface area contributed by atoms with E-state index in [0.29, 0.717) is 18.6 Å². The molecule has 3 aromatic rings. The first-order chi connectivity index (χ1) is 12.3. The average Bonchev–Trinajstić information content (AvgIpc) is 3.09. The van der Waals surface area contributed by atoms with Crippen LogP contribution in [-0.4, -0.2) is 33.9 Å². The van der Waals surface area contributed by atoms with Crippen molar-refractivity contribution in [1.29, 1.82) is 0 Å². The summed E-state index contributed by atoms with van der Waals surface area (Å²) in [7, 11) is 0. The number of para-hydroxylation sites is 1. The first kappa shape index (κ1) is 15.5. The lowest BCUT2D eigenvalue weighted by atomic mass is 10.2. The van der Waals surface area contributed by atoms with E-state index in [1.54, 1.807) is 12.4 Å². The van der Waals surface area contributed by atoms with Crippen molar-refractivity contribution in [3.05, 3.63) is 54.4 Å². The molecule has 1 aliphatic rings. The van der Waals surface area contributed by atoms with E-state index in [4.69, 9.17) is 0 Å². The first-order valence-corrected chi connectivity index (χ1v) is 8.51. The van der Waals surface area contributed by atoms with Crippen molar-refractivity contribution < 1.29 is 4.79 Å². The monoisotopic (exact) mass is 333 g/mol. The Labute approximate surface area is 145 Å². The molecule has 2 aromatic heterocycles. The van der Waals surface area contributed by atoms with Gasteiger partial charge in [0, 0.05) is 37.6 Å². The van der Waals surface area contributed by atoms with Gasteiger partial charge in [-0.1, -0.05) is 18.2 Å². The number of benzene rings is 1. The molecule has 0 saturated carbocycles. The molecule has 1 aromatic carbocycles. The molecular formula is C19H19N5O. The van der Waals surface area contributed by atoms with Gasteiger partial charge in [0.15, 0.2) is 5.65 Å². The molecule has 6 nitrogen and oxygen atoms in total. The smallest absolute Gasteiger partial charge is 0.227 e. The molecule has 0 aliphatic carbocycles. The Bertz CT molecular complexity index is 911. The zero-order valence-corrected chi connectivity index (χ0v) is 13.9. The molecule has 0 spiro atoms. The number of aromatic nitrogens is 3. The fourth-order valence-corrected chi connectivity index (χ4v) is 3.14. The van der Waals surface area contributed by atoms with E-state index in [1.165, 1.54) is 5.56 Å². The lowest BCUT2D eigenvalue weighted by Crippen LogP contribution is -2.29. The standard InChI is InChI=1S/C19H19N5O/c25-18(24-13-9-14-4-1-2-5-16(14)24)6-3-10-21-17-8-7-15-19(23-17)22-12-11-20-15/h1-2,4-5,7-8,11-12H,3,6,9-10,13H2,(H,21,22,23). The van der Waals surface area contributed by atoms with Gasteiger partial charge in [-0.2, -0.15) is 0 Å². The van der Waals surface area contributed by atoms with Gasteiger partial charge >= 0.3 is 0 Å². The number of carbonyl (C=O) groups is 1. The molecule has 1 aliphatic heterocycles. The van der Waals surface area contributed by atoms with E-state index in [-0.39, 0.29) is 5.91 Å². The maximum absolute atomic E-state index is 12.5. The number of hydrogen-bond donors (Lipinski definition) is 1. The third kappa shape index (κ3) is 3.28. The molecule has 0 radical (unpaired) electrons. The fraction of sp³-hybridized carbons (Fsp3) is 0.263. The second kappa shape index (κ2) is 6.84. The van der Waals surface area contributed by atoms with Gasteiger partial charge in [-0.3, -0.25) is 9.78 Å². The van der Waals surface area contributed by atoms with Crippen molar-refractivity contribution in [3.63, 3.8) is 0 Å². The van der Waals surface area contributed by atoms with E-state index in [1.807, 2.05) is 35.2 Å². The molecule has 0 atom stereocenters. The highest BCUT2D eigenvalue weighted by molar-refractivity contribution is 5.95. The predicted octanol–water partition coefficient (Wildman–Crippen LogP) is 2.81. The van der Waals surface area contributed by atoms with Crippen LogP contribution in [0.4, 0.5) is 11.5 Å². The summed E-state index contributed by atoms with van der Waals surface area (Å²) >= 11 is 0. The van der Waals surface area contributed by atoms with E-state index in [0.717, 1.165) is 36.4 Å². The van der Waals surface area contributed by atoms with Gasteiger partial charge in [0.05, 0.1) is 0 Å². The van der Waals surface area contributed by atoms with Crippen LogP contribution in [-0.2, 0) is 11.2 Å². The van der Waals surface area contributed by atoms with Crippen LogP contribution in [0.3, 0.4) is 0 Å². The molecule has 0 saturated heterocycles. The van der Waals surface area contributed by atoms with Gasteiger partial charge in [0.2, 0.25) is 5.91 Å². The predicted molar refractivity (Wildman–Crippen MR) is 97.6 cm³/mol. The number of hydrogen-bond acceptors (Lipinski definition) is 5. The van der Waals surface area contributed by atoms with Crippen molar-refractivity contribution >= 4 is 28.6 Å². The van der Waals surface area contributed by atoms with E-state index in [9.17, 15) is 4.79 Å². The zero-order chi connectivity index (χ0) is 17.1. The number of amides is 1. The number of nitrogens with zero attached hydrogens (tertiary/aromatic N) is 4. The summed E-state index contributed by atoms with van der Waals surface area (Å²) in [5, 5.41) is 3.25. The minimum atomic E-state index is 0.184. The summed E-state index contributed by atoms with van der Waals surface area (Å²) in [5.74, 6) is 0.941. The number of carbonyl (C=O) groups excluding carboxylic acids is 1. The van der Waals surface area contributed by atoms with E-state index >= 15 is 0 Å². The van der Waals surface area contributed by atoms with Crippen LogP contribution < -0.4 is 10.2 Å². The molecule has 0 bridgehead atoms. The third-order valence-electron chi connectivity index (χ3n) is 4.39. The second-order valence-electron chi connectivity index (χ2n) is 6.05. The minimum Gasteiger partial charge on any atom is -0.370 e. The van der Waals surface area contributed by atoms with Crippen molar-refractivity contribution in [2.45, 2.75) is 19.3 Å².